The fourth-order valence-corrected chi connectivity index (χ4v) is 3.60. The summed E-state index contributed by atoms with van der Waals surface area (Å²) in [5.74, 6) is -0.394. The first kappa shape index (κ1) is 13.5. The highest BCUT2D eigenvalue weighted by molar-refractivity contribution is 7.89. The molecule has 2 rings (SSSR count). The Morgan fingerprint density at radius 1 is 1.33 bits per heavy atom. The van der Waals surface area contributed by atoms with Crippen LogP contribution in [0.15, 0.2) is 23.1 Å². The minimum Gasteiger partial charge on any atom is -0.328 e. The van der Waals surface area contributed by atoms with Gasteiger partial charge in [0.25, 0.3) is 0 Å². The van der Waals surface area contributed by atoms with Crippen molar-refractivity contribution in [2.24, 2.45) is 5.73 Å². The molecule has 1 fully saturated rings. The topological polar surface area (TPSA) is 63.4 Å². The van der Waals surface area contributed by atoms with E-state index < -0.39 is 15.8 Å². The molecule has 1 aliphatic heterocycles. The van der Waals surface area contributed by atoms with Crippen molar-refractivity contribution < 1.29 is 12.8 Å². The summed E-state index contributed by atoms with van der Waals surface area (Å²) in [5.41, 5.74) is 6.09. The van der Waals surface area contributed by atoms with Crippen molar-refractivity contribution in [3.8, 4) is 0 Å². The molecule has 0 aliphatic carbocycles. The summed E-state index contributed by atoms with van der Waals surface area (Å²) >= 11 is 0. The fourth-order valence-electron chi connectivity index (χ4n) is 2.04. The van der Waals surface area contributed by atoms with Gasteiger partial charge in [0, 0.05) is 19.1 Å². The molecule has 1 aromatic rings. The van der Waals surface area contributed by atoms with E-state index in [1.165, 1.54) is 22.5 Å². The van der Waals surface area contributed by atoms with Gasteiger partial charge in [-0.25, -0.2) is 12.8 Å². The molecule has 100 valence electrons. The number of aryl methyl sites for hydroxylation is 1. The van der Waals surface area contributed by atoms with Crippen LogP contribution in [0.4, 0.5) is 4.39 Å². The van der Waals surface area contributed by atoms with Gasteiger partial charge < -0.3 is 5.73 Å². The molecular weight excluding hydrogens is 255 g/mol. The number of hydrogen-bond acceptors (Lipinski definition) is 3. The molecule has 18 heavy (non-hydrogen) atoms. The zero-order valence-electron chi connectivity index (χ0n) is 10.3. The molecule has 1 aliphatic rings. The SMILES string of the molecule is Cc1cc(S(=O)(=O)N2CCC(N)CC2)ccc1F. The maximum absolute atomic E-state index is 13.2. The van der Waals surface area contributed by atoms with Crippen LogP contribution in [0.25, 0.3) is 0 Å². The zero-order valence-corrected chi connectivity index (χ0v) is 11.1. The summed E-state index contributed by atoms with van der Waals surface area (Å²) < 4.78 is 39.2. The van der Waals surface area contributed by atoms with E-state index in [4.69, 9.17) is 5.73 Å². The van der Waals surface area contributed by atoms with Gasteiger partial charge in [0.1, 0.15) is 5.82 Å². The Morgan fingerprint density at radius 3 is 2.50 bits per heavy atom. The van der Waals surface area contributed by atoms with E-state index in [0.717, 1.165) is 0 Å². The summed E-state index contributed by atoms with van der Waals surface area (Å²) in [7, 11) is -3.51. The molecule has 1 heterocycles. The third-order valence-electron chi connectivity index (χ3n) is 3.27. The molecule has 0 bridgehead atoms. The highest BCUT2D eigenvalue weighted by atomic mass is 32.2. The van der Waals surface area contributed by atoms with Gasteiger partial charge in [0.2, 0.25) is 10.0 Å². The average Bonchev–Trinajstić information content (AvgIpc) is 2.33. The molecule has 0 unspecified atom stereocenters. The lowest BCUT2D eigenvalue weighted by Gasteiger charge is -2.29. The predicted molar refractivity (Wildman–Crippen MR) is 67.1 cm³/mol. The van der Waals surface area contributed by atoms with Gasteiger partial charge in [-0.15, -0.1) is 0 Å². The van der Waals surface area contributed by atoms with Gasteiger partial charge in [-0.1, -0.05) is 0 Å². The minimum atomic E-state index is -3.51. The lowest BCUT2D eigenvalue weighted by molar-refractivity contribution is 0.320. The van der Waals surface area contributed by atoms with Crippen LogP contribution in [0.2, 0.25) is 0 Å². The van der Waals surface area contributed by atoms with Gasteiger partial charge in [-0.3, -0.25) is 0 Å². The van der Waals surface area contributed by atoms with Gasteiger partial charge in [-0.2, -0.15) is 4.31 Å². The van der Waals surface area contributed by atoms with Gasteiger partial charge in [0.05, 0.1) is 4.90 Å². The standard InChI is InChI=1S/C12H17FN2O2S/c1-9-8-11(2-3-12(9)13)18(16,17)15-6-4-10(14)5-7-15/h2-3,8,10H,4-7,14H2,1H3. The number of benzene rings is 1. The highest BCUT2D eigenvalue weighted by Crippen LogP contribution is 2.21. The normalized spacial score (nSPS) is 19.1. The Hall–Kier alpha value is -0.980. The lowest BCUT2D eigenvalue weighted by Crippen LogP contribution is -2.42. The summed E-state index contributed by atoms with van der Waals surface area (Å²) in [6.45, 7) is 2.42. The number of piperidine rings is 1. The Labute approximate surface area is 107 Å². The van der Waals surface area contributed by atoms with Crippen LogP contribution in [0.3, 0.4) is 0 Å². The molecule has 0 spiro atoms. The van der Waals surface area contributed by atoms with E-state index >= 15 is 0 Å². The Bertz CT molecular complexity index is 537. The molecule has 0 aromatic heterocycles. The van der Waals surface area contributed by atoms with Gasteiger partial charge in [-0.05, 0) is 43.5 Å². The largest absolute Gasteiger partial charge is 0.328 e. The number of nitrogens with zero attached hydrogens (tertiary/aromatic N) is 1. The third kappa shape index (κ3) is 2.55. The minimum absolute atomic E-state index is 0.0754. The molecular formula is C12H17FN2O2S. The lowest BCUT2D eigenvalue weighted by atomic mass is 10.1. The number of sulfonamides is 1. The van der Waals surface area contributed by atoms with Crippen LogP contribution >= 0.6 is 0 Å². The molecule has 0 amide bonds. The second kappa shape index (κ2) is 4.95. The molecule has 1 aromatic carbocycles. The highest BCUT2D eigenvalue weighted by Gasteiger charge is 2.28. The molecule has 2 N–H and O–H groups in total. The molecule has 4 nitrogen and oxygen atoms in total. The van der Waals surface area contributed by atoms with Gasteiger partial charge in [0.15, 0.2) is 0 Å². The first-order valence-electron chi connectivity index (χ1n) is 5.93. The second-order valence-electron chi connectivity index (χ2n) is 4.65. The number of nitrogens with two attached hydrogens (primary N) is 1. The van der Waals surface area contributed by atoms with Crippen LogP contribution in [-0.4, -0.2) is 31.9 Å². The Morgan fingerprint density at radius 2 is 1.94 bits per heavy atom. The molecule has 1 saturated heterocycles. The van der Waals surface area contributed by atoms with Crippen LogP contribution in [0, 0.1) is 12.7 Å². The number of rotatable bonds is 2. The first-order valence-corrected chi connectivity index (χ1v) is 7.37. The molecule has 6 heteroatoms. The average molecular weight is 272 g/mol. The Kier molecular flexibility index (Phi) is 3.70. The molecule has 0 atom stereocenters. The van der Waals surface area contributed by atoms with Crippen molar-refractivity contribution in [1.29, 1.82) is 0 Å². The Balaban J connectivity index is 2.27. The maximum atomic E-state index is 13.2. The second-order valence-corrected chi connectivity index (χ2v) is 6.59. The van der Waals surface area contributed by atoms with Crippen molar-refractivity contribution in [2.75, 3.05) is 13.1 Å². The fraction of sp³-hybridized carbons (Fsp3) is 0.500. The van der Waals surface area contributed by atoms with Crippen molar-refractivity contribution in [3.63, 3.8) is 0 Å². The quantitative estimate of drug-likeness (QED) is 0.881. The monoisotopic (exact) mass is 272 g/mol. The van der Waals surface area contributed by atoms with E-state index in [2.05, 4.69) is 0 Å². The summed E-state index contributed by atoms with van der Waals surface area (Å²) in [4.78, 5) is 0.150. The molecule has 0 saturated carbocycles. The summed E-state index contributed by atoms with van der Waals surface area (Å²) in [6, 6.07) is 3.95. The number of hydrogen-bond donors (Lipinski definition) is 1. The van der Waals surface area contributed by atoms with Crippen molar-refractivity contribution >= 4 is 10.0 Å². The van der Waals surface area contributed by atoms with Crippen LogP contribution in [0.5, 0.6) is 0 Å². The van der Waals surface area contributed by atoms with Crippen LogP contribution in [0.1, 0.15) is 18.4 Å². The van der Waals surface area contributed by atoms with E-state index in [1.54, 1.807) is 6.92 Å². The maximum Gasteiger partial charge on any atom is 0.243 e. The van der Waals surface area contributed by atoms with Crippen molar-refractivity contribution in [3.05, 3.63) is 29.6 Å². The predicted octanol–water partition coefficient (Wildman–Crippen LogP) is 1.25. The van der Waals surface area contributed by atoms with E-state index in [9.17, 15) is 12.8 Å². The van der Waals surface area contributed by atoms with E-state index in [1.807, 2.05) is 0 Å². The summed E-state index contributed by atoms with van der Waals surface area (Å²) in [6.07, 6.45) is 1.33. The van der Waals surface area contributed by atoms with Crippen LogP contribution < -0.4 is 5.73 Å². The van der Waals surface area contributed by atoms with Crippen LogP contribution in [-0.2, 0) is 10.0 Å². The smallest absolute Gasteiger partial charge is 0.243 e. The van der Waals surface area contributed by atoms with E-state index in [0.29, 0.717) is 31.5 Å². The van der Waals surface area contributed by atoms with Crippen molar-refractivity contribution in [1.82, 2.24) is 4.31 Å². The third-order valence-corrected chi connectivity index (χ3v) is 5.16. The van der Waals surface area contributed by atoms with E-state index in [-0.39, 0.29) is 10.9 Å². The molecule has 0 radical (unpaired) electrons. The van der Waals surface area contributed by atoms with Gasteiger partial charge >= 0.3 is 0 Å². The number of halogens is 1. The zero-order chi connectivity index (χ0) is 13.3. The first-order chi connectivity index (χ1) is 8.41. The summed E-state index contributed by atoms with van der Waals surface area (Å²) in [5, 5.41) is 0. The van der Waals surface area contributed by atoms with Crippen molar-refractivity contribution in [2.45, 2.75) is 30.7 Å².